The quantitative estimate of drug-likeness (QED) is 0.607. The smallest absolute Gasteiger partial charge is 0.106 e. The van der Waals surface area contributed by atoms with E-state index in [1.165, 1.54) is 0 Å². The van der Waals surface area contributed by atoms with Crippen molar-refractivity contribution in [2.45, 2.75) is 37.3 Å². The molecule has 3 heteroatoms. The fourth-order valence-corrected chi connectivity index (χ4v) is 1.56. The van der Waals surface area contributed by atoms with E-state index in [0.29, 0.717) is 6.42 Å². The maximum atomic E-state index is 8.73. The third-order valence-electron chi connectivity index (χ3n) is 2.30. The van der Waals surface area contributed by atoms with Gasteiger partial charge in [-0.2, -0.15) is 5.26 Å². The zero-order valence-electron chi connectivity index (χ0n) is 6.84. The SMILES string of the molecule is COC1CCCC(N)(C#N)C1. The Morgan fingerprint density at radius 3 is 3.00 bits per heavy atom. The Bertz CT molecular complexity index is 175. The number of nitrogens with zero attached hydrogens (tertiary/aromatic N) is 1. The average molecular weight is 154 g/mol. The molecule has 1 rings (SSSR count). The Balaban J connectivity index is 2.53. The summed E-state index contributed by atoms with van der Waals surface area (Å²) in [7, 11) is 1.67. The van der Waals surface area contributed by atoms with E-state index in [9.17, 15) is 0 Å². The molecule has 0 aliphatic heterocycles. The average Bonchev–Trinajstić information content (AvgIpc) is 2.05. The first-order chi connectivity index (χ1) is 5.20. The molecule has 0 aromatic carbocycles. The normalized spacial score (nSPS) is 38.1. The van der Waals surface area contributed by atoms with E-state index in [4.69, 9.17) is 15.7 Å². The van der Waals surface area contributed by atoms with Crippen molar-refractivity contribution in [3.8, 4) is 6.07 Å². The molecule has 1 saturated carbocycles. The maximum absolute atomic E-state index is 8.73. The van der Waals surface area contributed by atoms with E-state index >= 15 is 0 Å². The molecular formula is C8H14N2O. The van der Waals surface area contributed by atoms with Crippen LogP contribution >= 0.6 is 0 Å². The molecule has 2 unspecified atom stereocenters. The van der Waals surface area contributed by atoms with Crippen molar-refractivity contribution in [3.63, 3.8) is 0 Å². The minimum atomic E-state index is -0.626. The summed E-state index contributed by atoms with van der Waals surface area (Å²) >= 11 is 0. The lowest BCUT2D eigenvalue weighted by molar-refractivity contribution is 0.0532. The molecule has 0 saturated heterocycles. The van der Waals surface area contributed by atoms with Gasteiger partial charge in [0.1, 0.15) is 5.54 Å². The predicted octanol–water partition coefficient (Wildman–Crippen LogP) is 0.796. The number of hydrogen-bond donors (Lipinski definition) is 1. The summed E-state index contributed by atoms with van der Waals surface area (Å²) in [6.45, 7) is 0. The zero-order valence-corrected chi connectivity index (χ0v) is 6.84. The summed E-state index contributed by atoms with van der Waals surface area (Å²) < 4.78 is 5.16. The molecule has 0 radical (unpaired) electrons. The molecule has 2 N–H and O–H groups in total. The van der Waals surface area contributed by atoms with Gasteiger partial charge in [0.2, 0.25) is 0 Å². The Kier molecular flexibility index (Phi) is 2.48. The van der Waals surface area contributed by atoms with Gasteiger partial charge >= 0.3 is 0 Å². The Morgan fingerprint density at radius 1 is 1.73 bits per heavy atom. The highest BCUT2D eigenvalue weighted by molar-refractivity contribution is 5.07. The van der Waals surface area contributed by atoms with E-state index in [-0.39, 0.29) is 6.10 Å². The van der Waals surface area contributed by atoms with E-state index in [1.807, 2.05) is 0 Å². The molecule has 0 spiro atoms. The van der Waals surface area contributed by atoms with Crippen molar-refractivity contribution in [1.82, 2.24) is 0 Å². The van der Waals surface area contributed by atoms with Crippen LogP contribution in [0.25, 0.3) is 0 Å². The fraction of sp³-hybridized carbons (Fsp3) is 0.875. The topological polar surface area (TPSA) is 59.0 Å². The molecule has 1 aliphatic carbocycles. The summed E-state index contributed by atoms with van der Waals surface area (Å²) in [4.78, 5) is 0. The van der Waals surface area contributed by atoms with Gasteiger partial charge in [-0.05, 0) is 19.3 Å². The second-order valence-electron chi connectivity index (χ2n) is 3.22. The molecule has 11 heavy (non-hydrogen) atoms. The van der Waals surface area contributed by atoms with E-state index in [1.54, 1.807) is 7.11 Å². The molecule has 2 atom stereocenters. The second-order valence-corrected chi connectivity index (χ2v) is 3.22. The second kappa shape index (κ2) is 3.21. The Hall–Kier alpha value is -0.590. The van der Waals surface area contributed by atoms with Gasteiger partial charge in [0.05, 0.1) is 12.2 Å². The van der Waals surface area contributed by atoms with Crippen LogP contribution in [-0.4, -0.2) is 18.8 Å². The van der Waals surface area contributed by atoms with Crippen LogP contribution in [0.1, 0.15) is 25.7 Å². The van der Waals surface area contributed by atoms with Crippen LogP contribution < -0.4 is 5.73 Å². The third-order valence-corrected chi connectivity index (χ3v) is 2.30. The number of rotatable bonds is 1. The lowest BCUT2D eigenvalue weighted by Gasteiger charge is -2.31. The standard InChI is InChI=1S/C8H14N2O/c1-11-7-3-2-4-8(10,5-7)6-9/h7H,2-5,10H2,1H3. The number of hydrogen-bond acceptors (Lipinski definition) is 3. The van der Waals surface area contributed by atoms with Crippen LogP contribution in [0.15, 0.2) is 0 Å². The molecule has 62 valence electrons. The predicted molar refractivity (Wildman–Crippen MR) is 41.8 cm³/mol. The van der Waals surface area contributed by atoms with Crippen molar-refractivity contribution < 1.29 is 4.74 Å². The van der Waals surface area contributed by atoms with Crippen molar-refractivity contribution in [2.75, 3.05) is 7.11 Å². The van der Waals surface area contributed by atoms with Gasteiger partial charge in [-0.3, -0.25) is 0 Å². The summed E-state index contributed by atoms with van der Waals surface area (Å²) in [5.41, 5.74) is 5.16. The highest BCUT2D eigenvalue weighted by Gasteiger charge is 2.32. The first-order valence-corrected chi connectivity index (χ1v) is 3.93. The highest BCUT2D eigenvalue weighted by atomic mass is 16.5. The molecule has 0 amide bonds. The largest absolute Gasteiger partial charge is 0.381 e. The van der Waals surface area contributed by atoms with Crippen LogP contribution in [0, 0.1) is 11.3 Å². The van der Waals surface area contributed by atoms with Gasteiger partial charge in [-0.15, -0.1) is 0 Å². The van der Waals surface area contributed by atoms with Crippen LogP contribution in [0.4, 0.5) is 0 Å². The minimum absolute atomic E-state index is 0.188. The van der Waals surface area contributed by atoms with Gasteiger partial charge < -0.3 is 10.5 Å². The molecule has 0 heterocycles. The summed E-state index contributed by atoms with van der Waals surface area (Å²) in [5.74, 6) is 0. The molecule has 1 fully saturated rings. The van der Waals surface area contributed by atoms with E-state index < -0.39 is 5.54 Å². The lowest BCUT2D eigenvalue weighted by atomic mass is 9.82. The molecule has 0 aromatic rings. The number of ether oxygens (including phenoxy) is 1. The summed E-state index contributed by atoms with van der Waals surface area (Å²) in [6, 6.07) is 2.14. The monoisotopic (exact) mass is 154 g/mol. The van der Waals surface area contributed by atoms with Crippen LogP contribution in [0.3, 0.4) is 0 Å². The van der Waals surface area contributed by atoms with E-state index in [0.717, 1.165) is 19.3 Å². The van der Waals surface area contributed by atoms with Crippen molar-refractivity contribution in [2.24, 2.45) is 5.73 Å². The first-order valence-electron chi connectivity index (χ1n) is 3.93. The molecule has 0 aromatic heterocycles. The van der Waals surface area contributed by atoms with Crippen molar-refractivity contribution >= 4 is 0 Å². The van der Waals surface area contributed by atoms with Gasteiger partial charge in [0, 0.05) is 13.5 Å². The number of nitrogens with two attached hydrogens (primary N) is 1. The van der Waals surface area contributed by atoms with Gasteiger partial charge in [-0.25, -0.2) is 0 Å². The first kappa shape index (κ1) is 8.51. The highest BCUT2D eigenvalue weighted by Crippen LogP contribution is 2.26. The van der Waals surface area contributed by atoms with Crippen LogP contribution in [0.5, 0.6) is 0 Å². The maximum Gasteiger partial charge on any atom is 0.106 e. The minimum Gasteiger partial charge on any atom is -0.381 e. The summed E-state index contributed by atoms with van der Waals surface area (Å²) in [6.07, 6.45) is 3.72. The van der Waals surface area contributed by atoms with Gasteiger partial charge in [0.25, 0.3) is 0 Å². The summed E-state index contributed by atoms with van der Waals surface area (Å²) in [5, 5.41) is 8.73. The van der Waals surface area contributed by atoms with Gasteiger partial charge in [-0.1, -0.05) is 0 Å². The van der Waals surface area contributed by atoms with Crippen LogP contribution in [0.2, 0.25) is 0 Å². The molecule has 0 bridgehead atoms. The Morgan fingerprint density at radius 2 is 2.45 bits per heavy atom. The molecular weight excluding hydrogens is 140 g/mol. The van der Waals surface area contributed by atoms with E-state index in [2.05, 4.69) is 6.07 Å². The van der Waals surface area contributed by atoms with Crippen molar-refractivity contribution in [3.05, 3.63) is 0 Å². The van der Waals surface area contributed by atoms with Gasteiger partial charge in [0.15, 0.2) is 0 Å². The van der Waals surface area contributed by atoms with Crippen LogP contribution in [-0.2, 0) is 4.74 Å². The number of nitriles is 1. The zero-order chi connectivity index (χ0) is 8.32. The fourth-order valence-electron chi connectivity index (χ4n) is 1.56. The molecule has 3 nitrogen and oxygen atoms in total. The number of methoxy groups -OCH3 is 1. The third kappa shape index (κ3) is 1.92. The lowest BCUT2D eigenvalue weighted by Crippen LogP contribution is -2.44. The van der Waals surface area contributed by atoms with Crippen molar-refractivity contribution in [1.29, 1.82) is 5.26 Å². The molecule has 1 aliphatic rings. The Labute approximate surface area is 67.1 Å².